The Balaban J connectivity index is 2.68. The van der Waals surface area contributed by atoms with Crippen LogP contribution in [0, 0.1) is 0 Å². The number of ether oxygens (including phenoxy) is 1. The number of nitrogens with one attached hydrogen (secondary N) is 1. The van der Waals surface area contributed by atoms with Gasteiger partial charge in [0.1, 0.15) is 5.75 Å². The number of hydrogen-bond acceptors (Lipinski definition) is 2. The molecular weight excluding hydrogens is 255 g/mol. The van der Waals surface area contributed by atoms with Gasteiger partial charge in [-0.2, -0.15) is 0 Å². The lowest BCUT2D eigenvalue weighted by Gasteiger charge is -2.09. The van der Waals surface area contributed by atoms with Gasteiger partial charge in [0, 0.05) is 6.54 Å². The van der Waals surface area contributed by atoms with Crippen molar-refractivity contribution in [2.75, 3.05) is 13.1 Å². The second-order valence-electron chi connectivity index (χ2n) is 4.29. The highest BCUT2D eigenvalue weighted by atomic mass is 19.4. The van der Waals surface area contributed by atoms with Crippen molar-refractivity contribution in [1.29, 1.82) is 0 Å². The summed E-state index contributed by atoms with van der Waals surface area (Å²) in [5.74, 6) is -0.199. The Bertz CT molecular complexity index is 427. The minimum atomic E-state index is -4.65. The summed E-state index contributed by atoms with van der Waals surface area (Å²) in [4.78, 5) is 0. The molecule has 19 heavy (non-hydrogen) atoms. The average molecular weight is 273 g/mol. The molecule has 5 heteroatoms. The van der Waals surface area contributed by atoms with Crippen LogP contribution < -0.4 is 10.1 Å². The van der Waals surface area contributed by atoms with Gasteiger partial charge in [-0.1, -0.05) is 30.7 Å². The van der Waals surface area contributed by atoms with E-state index in [2.05, 4.69) is 17.0 Å². The maximum atomic E-state index is 12.1. The number of halogens is 3. The molecule has 0 radical (unpaired) electrons. The molecule has 1 N–H and O–H groups in total. The fourth-order valence-corrected chi connectivity index (χ4v) is 1.60. The monoisotopic (exact) mass is 273 g/mol. The topological polar surface area (TPSA) is 21.3 Å². The minimum absolute atomic E-state index is 0.199. The third-order valence-corrected chi connectivity index (χ3v) is 2.34. The molecule has 0 aromatic heterocycles. The zero-order valence-electron chi connectivity index (χ0n) is 11.1. The Hall–Kier alpha value is -1.49. The summed E-state index contributed by atoms with van der Waals surface area (Å²) in [7, 11) is 0. The highest BCUT2D eigenvalue weighted by Crippen LogP contribution is 2.24. The van der Waals surface area contributed by atoms with Crippen LogP contribution in [0.1, 0.15) is 25.8 Å². The fourth-order valence-electron chi connectivity index (χ4n) is 1.60. The van der Waals surface area contributed by atoms with Gasteiger partial charge >= 0.3 is 6.36 Å². The Labute approximate surface area is 111 Å². The first-order valence-electron chi connectivity index (χ1n) is 6.14. The van der Waals surface area contributed by atoms with Gasteiger partial charge in [-0.15, -0.1) is 13.2 Å². The van der Waals surface area contributed by atoms with Crippen molar-refractivity contribution in [1.82, 2.24) is 5.32 Å². The molecule has 0 aliphatic rings. The SMILES string of the molecule is CCCNC/C(C)=C/c1cccc(OC(F)(F)F)c1. The van der Waals surface area contributed by atoms with E-state index in [0.717, 1.165) is 25.1 Å². The first-order valence-corrected chi connectivity index (χ1v) is 6.14. The molecule has 106 valence electrons. The number of alkyl halides is 3. The molecule has 1 aromatic carbocycles. The second kappa shape index (κ2) is 7.19. The molecule has 0 unspecified atom stereocenters. The summed E-state index contributed by atoms with van der Waals surface area (Å²) in [6.07, 6.45) is -1.77. The molecule has 0 saturated carbocycles. The third kappa shape index (κ3) is 6.86. The summed E-state index contributed by atoms with van der Waals surface area (Å²) >= 11 is 0. The molecule has 0 spiro atoms. The van der Waals surface area contributed by atoms with Crippen molar-refractivity contribution < 1.29 is 17.9 Å². The fraction of sp³-hybridized carbons (Fsp3) is 0.429. The number of hydrogen-bond donors (Lipinski definition) is 1. The predicted molar refractivity (Wildman–Crippen MR) is 69.9 cm³/mol. The average Bonchev–Trinajstić information content (AvgIpc) is 2.27. The van der Waals surface area contributed by atoms with Gasteiger partial charge in [-0.05, 0) is 37.6 Å². The second-order valence-corrected chi connectivity index (χ2v) is 4.29. The summed E-state index contributed by atoms with van der Waals surface area (Å²) in [5.41, 5.74) is 1.75. The van der Waals surface area contributed by atoms with Crippen LogP contribution in [0.2, 0.25) is 0 Å². The Morgan fingerprint density at radius 3 is 2.74 bits per heavy atom. The van der Waals surface area contributed by atoms with Gasteiger partial charge in [0.25, 0.3) is 0 Å². The first-order chi connectivity index (χ1) is 8.90. The smallest absolute Gasteiger partial charge is 0.406 e. The molecule has 0 saturated heterocycles. The molecule has 0 bridgehead atoms. The molecule has 1 aromatic rings. The molecule has 1 rings (SSSR count). The molecule has 0 amide bonds. The van der Waals surface area contributed by atoms with Crippen molar-refractivity contribution in [3.05, 3.63) is 35.4 Å². The molecule has 0 atom stereocenters. The van der Waals surface area contributed by atoms with Crippen LogP contribution in [0.25, 0.3) is 6.08 Å². The quantitative estimate of drug-likeness (QED) is 0.791. The summed E-state index contributed by atoms with van der Waals surface area (Å²) in [6, 6.07) is 5.94. The van der Waals surface area contributed by atoms with Crippen molar-refractivity contribution in [2.45, 2.75) is 26.6 Å². The van der Waals surface area contributed by atoms with E-state index < -0.39 is 6.36 Å². The van der Waals surface area contributed by atoms with Gasteiger partial charge in [-0.25, -0.2) is 0 Å². The first kappa shape index (κ1) is 15.6. The van der Waals surface area contributed by atoms with Crippen molar-refractivity contribution in [3.63, 3.8) is 0 Å². The summed E-state index contributed by atoms with van der Waals surface area (Å²) in [5, 5.41) is 3.23. The van der Waals surface area contributed by atoms with E-state index >= 15 is 0 Å². The van der Waals surface area contributed by atoms with Crippen molar-refractivity contribution in [3.8, 4) is 5.75 Å². The Morgan fingerprint density at radius 1 is 1.37 bits per heavy atom. The summed E-state index contributed by atoms with van der Waals surface area (Å²) in [6.45, 7) is 5.64. The maximum Gasteiger partial charge on any atom is 0.573 e. The zero-order valence-corrected chi connectivity index (χ0v) is 11.1. The van der Waals surface area contributed by atoms with Crippen LogP contribution in [-0.4, -0.2) is 19.5 Å². The van der Waals surface area contributed by atoms with Crippen LogP contribution in [-0.2, 0) is 0 Å². The van der Waals surface area contributed by atoms with Crippen LogP contribution in [0.3, 0.4) is 0 Å². The Morgan fingerprint density at radius 2 is 2.11 bits per heavy atom. The lowest BCUT2D eigenvalue weighted by molar-refractivity contribution is -0.274. The van der Waals surface area contributed by atoms with Gasteiger partial charge < -0.3 is 10.1 Å². The predicted octanol–water partition coefficient (Wildman–Crippen LogP) is 3.99. The molecule has 0 aliphatic carbocycles. The number of rotatable bonds is 6. The molecule has 0 fully saturated rings. The minimum Gasteiger partial charge on any atom is -0.406 e. The Kier molecular flexibility index (Phi) is 5.89. The molecular formula is C14H18F3NO. The van der Waals surface area contributed by atoms with E-state index in [1.54, 1.807) is 12.1 Å². The van der Waals surface area contributed by atoms with E-state index in [0.29, 0.717) is 5.56 Å². The van der Waals surface area contributed by atoms with Crippen LogP contribution in [0.4, 0.5) is 13.2 Å². The third-order valence-electron chi connectivity index (χ3n) is 2.34. The van der Waals surface area contributed by atoms with Crippen LogP contribution in [0.5, 0.6) is 5.75 Å². The molecule has 0 heterocycles. The van der Waals surface area contributed by atoms with Gasteiger partial charge in [0.15, 0.2) is 0 Å². The van der Waals surface area contributed by atoms with Gasteiger partial charge in [-0.3, -0.25) is 0 Å². The van der Waals surface area contributed by atoms with Gasteiger partial charge in [0.05, 0.1) is 0 Å². The van der Waals surface area contributed by atoms with Crippen LogP contribution in [0.15, 0.2) is 29.8 Å². The largest absolute Gasteiger partial charge is 0.573 e. The molecule has 2 nitrogen and oxygen atoms in total. The standard InChI is InChI=1S/C14H18F3NO/c1-3-7-18-10-11(2)8-12-5-4-6-13(9-12)19-14(15,16)17/h4-6,8-9,18H,3,7,10H2,1-2H3/b11-8+. The highest BCUT2D eigenvalue weighted by molar-refractivity contribution is 5.54. The van der Waals surface area contributed by atoms with Gasteiger partial charge in [0.2, 0.25) is 0 Å². The van der Waals surface area contributed by atoms with E-state index in [-0.39, 0.29) is 5.75 Å². The van der Waals surface area contributed by atoms with Crippen molar-refractivity contribution >= 4 is 6.08 Å². The zero-order chi connectivity index (χ0) is 14.3. The van der Waals surface area contributed by atoms with Crippen LogP contribution >= 0.6 is 0 Å². The number of benzene rings is 1. The van der Waals surface area contributed by atoms with E-state index in [1.165, 1.54) is 12.1 Å². The highest BCUT2D eigenvalue weighted by Gasteiger charge is 2.30. The normalized spacial score (nSPS) is 12.6. The van der Waals surface area contributed by atoms with E-state index in [4.69, 9.17) is 0 Å². The maximum absolute atomic E-state index is 12.1. The van der Waals surface area contributed by atoms with Crippen molar-refractivity contribution in [2.24, 2.45) is 0 Å². The summed E-state index contributed by atoms with van der Waals surface area (Å²) < 4.78 is 40.2. The van der Waals surface area contributed by atoms with E-state index in [1.807, 2.05) is 13.0 Å². The molecule has 0 aliphatic heterocycles. The lowest BCUT2D eigenvalue weighted by Crippen LogP contribution is -2.17. The lowest BCUT2D eigenvalue weighted by atomic mass is 10.1. The van der Waals surface area contributed by atoms with E-state index in [9.17, 15) is 13.2 Å².